The fourth-order valence-corrected chi connectivity index (χ4v) is 0.892. The Morgan fingerprint density at radius 2 is 2.36 bits per heavy atom. The maximum Gasteiger partial charge on any atom is 0.160 e. The molecule has 1 radical (unpaired) electrons. The van der Waals surface area contributed by atoms with Crippen molar-refractivity contribution in [2.24, 2.45) is 0 Å². The summed E-state index contributed by atoms with van der Waals surface area (Å²) in [5.74, 6) is 0.724. The molecule has 0 spiro atoms. The molecule has 2 aromatic rings. The summed E-state index contributed by atoms with van der Waals surface area (Å²) in [5.41, 5.74) is 1.59. The van der Waals surface area contributed by atoms with Gasteiger partial charge < -0.3 is 4.98 Å². The van der Waals surface area contributed by atoms with Gasteiger partial charge in [0.1, 0.15) is 11.3 Å². The molecule has 0 aliphatic carbocycles. The van der Waals surface area contributed by atoms with Gasteiger partial charge in [0, 0.05) is 6.42 Å². The number of aromatic amines is 1. The van der Waals surface area contributed by atoms with Gasteiger partial charge in [-0.3, -0.25) is 0 Å². The number of H-pyrrole nitrogens is 1. The molecule has 0 aliphatic rings. The van der Waals surface area contributed by atoms with Gasteiger partial charge in [-0.1, -0.05) is 6.92 Å². The molecule has 0 bridgehead atoms. The Labute approximate surface area is 63.7 Å². The van der Waals surface area contributed by atoms with Crippen molar-refractivity contribution in [2.45, 2.75) is 6.92 Å². The van der Waals surface area contributed by atoms with Gasteiger partial charge in [0.05, 0.1) is 12.5 Å². The van der Waals surface area contributed by atoms with Crippen LogP contribution < -0.4 is 0 Å². The number of hydrogen-bond acceptors (Lipinski definition) is 3. The first-order valence-corrected chi connectivity index (χ1v) is 3.35. The lowest BCUT2D eigenvalue weighted by Crippen LogP contribution is -1.89. The Balaban J connectivity index is 2.67. The summed E-state index contributed by atoms with van der Waals surface area (Å²) < 4.78 is 0. The summed E-state index contributed by atoms with van der Waals surface area (Å²) in [6.45, 7) is 1.90. The van der Waals surface area contributed by atoms with Crippen LogP contribution in [0.4, 0.5) is 0 Å². The first-order chi connectivity index (χ1) is 5.40. The van der Waals surface area contributed by atoms with Gasteiger partial charge in [-0.25, -0.2) is 15.0 Å². The Bertz CT molecular complexity index is 365. The van der Waals surface area contributed by atoms with E-state index in [1.165, 1.54) is 0 Å². The van der Waals surface area contributed by atoms with E-state index < -0.39 is 0 Å². The van der Waals surface area contributed by atoms with Crippen LogP contribution in [0.3, 0.4) is 0 Å². The molecular formula is C7H7N4. The topological polar surface area (TPSA) is 54.5 Å². The van der Waals surface area contributed by atoms with E-state index in [0.29, 0.717) is 0 Å². The highest BCUT2D eigenvalue weighted by atomic mass is 15.0. The minimum absolute atomic E-state index is 0.724. The fraction of sp³-hybridized carbons (Fsp3) is 0.143. The maximum atomic E-state index is 4.17. The highest BCUT2D eigenvalue weighted by Gasteiger charge is 1.98. The molecule has 0 saturated heterocycles. The standard InChI is InChI=1S/C7H7N4/c1-2-6-8-3-5-7(11-6)10-4-9-5/h2-4H,1H3,(H,8,9,10,11). The predicted octanol–water partition coefficient (Wildman–Crippen LogP) is 0.925. The molecule has 0 amide bonds. The molecule has 0 saturated carbocycles. The van der Waals surface area contributed by atoms with Crippen LogP contribution in [0.5, 0.6) is 0 Å². The fourth-order valence-electron chi connectivity index (χ4n) is 0.892. The van der Waals surface area contributed by atoms with Crippen molar-refractivity contribution in [1.29, 1.82) is 0 Å². The third-order valence-corrected chi connectivity index (χ3v) is 1.45. The van der Waals surface area contributed by atoms with E-state index in [0.717, 1.165) is 17.0 Å². The first-order valence-electron chi connectivity index (χ1n) is 3.35. The van der Waals surface area contributed by atoms with Crippen molar-refractivity contribution < 1.29 is 0 Å². The molecule has 0 fully saturated rings. The van der Waals surface area contributed by atoms with Crippen LogP contribution in [0, 0.1) is 6.42 Å². The van der Waals surface area contributed by atoms with Crippen molar-refractivity contribution in [1.82, 2.24) is 19.9 Å². The lowest BCUT2D eigenvalue weighted by molar-refractivity contribution is 1.09. The van der Waals surface area contributed by atoms with E-state index in [-0.39, 0.29) is 0 Å². The zero-order valence-corrected chi connectivity index (χ0v) is 6.07. The van der Waals surface area contributed by atoms with Gasteiger partial charge in [0.25, 0.3) is 0 Å². The molecule has 2 heterocycles. The Hall–Kier alpha value is -1.45. The second kappa shape index (κ2) is 2.30. The van der Waals surface area contributed by atoms with Crippen LogP contribution >= 0.6 is 0 Å². The molecular weight excluding hydrogens is 140 g/mol. The summed E-state index contributed by atoms with van der Waals surface area (Å²) >= 11 is 0. The molecule has 2 aromatic heterocycles. The van der Waals surface area contributed by atoms with Crippen molar-refractivity contribution in [2.75, 3.05) is 0 Å². The molecule has 0 atom stereocenters. The second-order valence-electron chi connectivity index (χ2n) is 2.15. The van der Waals surface area contributed by atoms with E-state index >= 15 is 0 Å². The van der Waals surface area contributed by atoms with Crippen molar-refractivity contribution in [3.05, 3.63) is 24.8 Å². The number of nitrogens with one attached hydrogen (secondary N) is 1. The molecule has 4 nitrogen and oxygen atoms in total. The molecule has 2 rings (SSSR count). The zero-order valence-electron chi connectivity index (χ0n) is 6.07. The van der Waals surface area contributed by atoms with Crippen LogP contribution in [0.15, 0.2) is 12.5 Å². The smallest absolute Gasteiger partial charge is 0.160 e. The summed E-state index contributed by atoms with van der Waals surface area (Å²) in [6, 6.07) is 0. The van der Waals surface area contributed by atoms with E-state index in [2.05, 4.69) is 19.9 Å². The highest BCUT2D eigenvalue weighted by Crippen LogP contribution is 2.04. The van der Waals surface area contributed by atoms with E-state index in [9.17, 15) is 0 Å². The third kappa shape index (κ3) is 0.960. The Morgan fingerprint density at radius 3 is 3.18 bits per heavy atom. The SMILES string of the molecule is C[CH]c1ncc2nc[nH]c2n1. The van der Waals surface area contributed by atoms with Gasteiger partial charge >= 0.3 is 0 Å². The van der Waals surface area contributed by atoms with Crippen molar-refractivity contribution in [3.8, 4) is 0 Å². The van der Waals surface area contributed by atoms with Gasteiger partial charge in [-0.2, -0.15) is 0 Å². The number of rotatable bonds is 1. The Morgan fingerprint density at radius 1 is 1.45 bits per heavy atom. The normalized spacial score (nSPS) is 10.6. The summed E-state index contributed by atoms with van der Waals surface area (Å²) in [6.07, 6.45) is 5.16. The summed E-state index contributed by atoms with van der Waals surface area (Å²) in [7, 11) is 0. The third-order valence-electron chi connectivity index (χ3n) is 1.45. The lowest BCUT2D eigenvalue weighted by atomic mass is 10.4. The van der Waals surface area contributed by atoms with Crippen molar-refractivity contribution >= 4 is 11.2 Å². The molecule has 11 heavy (non-hydrogen) atoms. The number of nitrogens with zero attached hydrogens (tertiary/aromatic N) is 3. The van der Waals surface area contributed by atoms with Crippen LogP contribution in [-0.2, 0) is 0 Å². The molecule has 55 valence electrons. The second-order valence-corrected chi connectivity index (χ2v) is 2.15. The van der Waals surface area contributed by atoms with Gasteiger partial charge in [-0.05, 0) is 0 Å². The molecule has 1 N–H and O–H groups in total. The van der Waals surface area contributed by atoms with Crippen LogP contribution in [0.25, 0.3) is 11.2 Å². The number of fused-ring (bicyclic) bond motifs is 1. The number of hydrogen-bond donors (Lipinski definition) is 1. The average molecular weight is 147 g/mol. The van der Waals surface area contributed by atoms with Crippen LogP contribution in [0.1, 0.15) is 12.7 Å². The van der Waals surface area contributed by atoms with Gasteiger partial charge in [-0.15, -0.1) is 0 Å². The molecule has 0 aromatic carbocycles. The minimum Gasteiger partial charge on any atom is -0.329 e. The average Bonchev–Trinajstić information content (AvgIpc) is 2.50. The van der Waals surface area contributed by atoms with E-state index in [1.54, 1.807) is 12.5 Å². The minimum atomic E-state index is 0.724. The molecule has 0 aliphatic heterocycles. The number of imidazole rings is 1. The van der Waals surface area contributed by atoms with Crippen molar-refractivity contribution in [3.63, 3.8) is 0 Å². The van der Waals surface area contributed by atoms with Crippen LogP contribution in [-0.4, -0.2) is 19.9 Å². The van der Waals surface area contributed by atoms with E-state index in [4.69, 9.17) is 0 Å². The molecule has 0 unspecified atom stereocenters. The van der Waals surface area contributed by atoms with Gasteiger partial charge in [0.2, 0.25) is 0 Å². The Kier molecular flexibility index (Phi) is 1.31. The summed E-state index contributed by atoms with van der Waals surface area (Å²) in [4.78, 5) is 15.1. The summed E-state index contributed by atoms with van der Waals surface area (Å²) in [5, 5.41) is 0. The highest BCUT2D eigenvalue weighted by molar-refractivity contribution is 5.68. The number of aromatic nitrogens is 4. The lowest BCUT2D eigenvalue weighted by Gasteiger charge is -1.91. The van der Waals surface area contributed by atoms with Crippen LogP contribution in [0.2, 0.25) is 0 Å². The van der Waals surface area contributed by atoms with E-state index in [1.807, 2.05) is 13.3 Å². The monoisotopic (exact) mass is 147 g/mol. The maximum absolute atomic E-state index is 4.17. The molecule has 4 heteroatoms. The zero-order chi connectivity index (χ0) is 7.68. The quantitative estimate of drug-likeness (QED) is 0.652. The first kappa shape index (κ1) is 6.27. The largest absolute Gasteiger partial charge is 0.329 e. The predicted molar refractivity (Wildman–Crippen MR) is 40.8 cm³/mol. The van der Waals surface area contributed by atoms with Gasteiger partial charge in [0.15, 0.2) is 5.65 Å².